The number of carbonyl (C=O) groups is 1. The maximum atomic E-state index is 13.2. The van der Waals surface area contributed by atoms with Crippen molar-refractivity contribution in [2.75, 3.05) is 38.2 Å². The zero-order chi connectivity index (χ0) is 21.1. The zero-order valence-electron chi connectivity index (χ0n) is 17.2. The third-order valence-electron chi connectivity index (χ3n) is 5.36. The second-order valence-corrected chi connectivity index (χ2v) is 7.43. The summed E-state index contributed by atoms with van der Waals surface area (Å²) in [6.45, 7) is 4.78. The number of halogens is 1. The van der Waals surface area contributed by atoms with Gasteiger partial charge in [-0.15, -0.1) is 0 Å². The standard InChI is InChI=1S/C23H25FN4O2/c1-17-4-9-22(30-2)21(16-17)28-13-10-20(25-28)23(29)27-12-3-11-26(14-15-27)19-7-5-18(24)6-8-19/h4-10,13,16H,3,11-12,14-15H2,1-2H3. The molecule has 0 N–H and O–H groups in total. The first-order valence-electron chi connectivity index (χ1n) is 10.1. The zero-order valence-corrected chi connectivity index (χ0v) is 17.2. The number of carbonyl (C=O) groups excluding carboxylic acids is 1. The van der Waals surface area contributed by atoms with E-state index >= 15 is 0 Å². The second-order valence-electron chi connectivity index (χ2n) is 7.43. The molecule has 1 aliphatic heterocycles. The highest BCUT2D eigenvalue weighted by molar-refractivity contribution is 5.92. The Labute approximate surface area is 175 Å². The molecule has 0 saturated carbocycles. The van der Waals surface area contributed by atoms with E-state index in [4.69, 9.17) is 4.74 Å². The third-order valence-corrected chi connectivity index (χ3v) is 5.36. The Morgan fingerprint density at radius 1 is 1.03 bits per heavy atom. The lowest BCUT2D eigenvalue weighted by molar-refractivity contribution is 0.0760. The summed E-state index contributed by atoms with van der Waals surface area (Å²) in [7, 11) is 1.62. The summed E-state index contributed by atoms with van der Waals surface area (Å²) < 4.78 is 20.3. The predicted molar refractivity (Wildman–Crippen MR) is 114 cm³/mol. The van der Waals surface area contributed by atoms with Crippen molar-refractivity contribution >= 4 is 11.6 Å². The molecule has 6 nitrogen and oxygen atoms in total. The van der Waals surface area contributed by atoms with Gasteiger partial charge in [-0.1, -0.05) is 6.07 Å². The fourth-order valence-electron chi connectivity index (χ4n) is 3.74. The molecule has 0 bridgehead atoms. The molecule has 3 aromatic rings. The number of aromatic nitrogens is 2. The minimum Gasteiger partial charge on any atom is -0.494 e. The Hall–Kier alpha value is -3.35. The molecule has 1 fully saturated rings. The van der Waals surface area contributed by atoms with E-state index in [1.165, 1.54) is 12.1 Å². The van der Waals surface area contributed by atoms with E-state index in [1.54, 1.807) is 36.2 Å². The highest BCUT2D eigenvalue weighted by atomic mass is 19.1. The van der Waals surface area contributed by atoms with E-state index in [0.29, 0.717) is 31.1 Å². The molecular formula is C23H25FN4O2. The van der Waals surface area contributed by atoms with Crippen molar-refractivity contribution in [1.29, 1.82) is 0 Å². The van der Waals surface area contributed by atoms with E-state index in [1.807, 2.05) is 30.0 Å². The van der Waals surface area contributed by atoms with Crippen LogP contribution in [0.5, 0.6) is 5.75 Å². The fraction of sp³-hybridized carbons (Fsp3) is 0.304. The molecule has 0 radical (unpaired) electrons. The molecular weight excluding hydrogens is 383 g/mol. The number of hydrogen-bond acceptors (Lipinski definition) is 4. The number of benzene rings is 2. The summed E-state index contributed by atoms with van der Waals surface area (Å²) in [5.41, 5.74) is 3.27. The van der Waals surface area contributed by atoms with Gasteiger partial charge in [0.25, 0.3) is 5.91 Å². The monoisotopic (exact) mass is 408 g/mol. The van der Waals surface area contributed by atoms with Crippen LogP contribution < -0.4 is 9.64 Å². The fourth-order valence-corrected chi connectivity index (χ4v) is 3.74. The molecule has 0 spiro atoms. The summed E-state index contributed by atoms with van der Waals surface area (Å²) in [6, 6.07) is 14.1. The number of rotatable bonds is 4. The van der Waals surface area contributed by atoms with Crippen molar-refractivity contribution < 1.29 is 13.9 Å². The largest absolute Gasteiger partial charge is 0.494 e. The number of amides is 1. The molecule has 2 aromatic carbocycles. The van der Waals surface area contributed by atoms with Crippen LogP contribution in [0.3, 0.4) is 0 Å². The topological polar surface area (TPSA) is 50.6 Å². The summed E-state index contributed by atoms with van der Waals surface area (Å²) in [5, 5.41) is 4.51. The molecule has 1 aromatic heterocycles. The van der Waals surface area contributed by atoms with Gasteiger partial charge in [0.05, 0.1) is 7.11 Å². The molecule has 1 saturated heterocycles. The van der Waals surface area contributed by atoms with Crippen LogP contribution in [0.4, 0.5) is 10.1 Å². The number of ether oxygens (including phenoxy) is 1. The normalized spacial score (nSPS) is 14.5. The Morgan fingerprint density at radius 3 is 2.60 bits per heavy atom. The van der Waals surface area contributed by atoms with Crippen molar-refractivity contribution in [2.45, 2.75) is 13.3 Å². The maximum Gasteiger partial charge on any atom is 0.274 e. The van der Waals surface area contributed by atoms with Crippen LogP contribution in [0.2, 0.25) is 0 Å². The summed E-state index contributed by atoms with van der Waals surface area (Å²) in [5.74, 6) is 0.375. The molecule has 30 heavy (non-hydrogen) atoms. The molecule has 0 unspecified atom stereocenters. The summed E-state index contributed by atoms with van der Waals surface area (Å²) in [4.78, 5) is 17.1. The first-order chi connectivity index (χ1) is 14.5. The van der Waals surface area contributed by atoms with Gasteiger partial charge in [-0.05, 0) is 61.4 Å². The van der Waals surface area contributed by atoms with E-state index < -0.39 is 0 Å². The van der Waals surface area contributed by atoms with Crippen LogP contribution in [-0.2, 0) is 0 Å². The molecule has 1 amide bonds. The maximum absolute atomic E-state index is 13.2. The van der Waals surface area contributed by atoms with E-state index in [2.05, 4.69) is 10.00 Å². The van der Waals surface area contributed by atoms with E-state index in [-0.39, 0.29) is 11.7 Å². The Kier molecular flexibility index (Phi) is 5.70. The van der Waals surface area contributed by atoms with Crippen LogP contribution in [0.25, 0.3) is 5.69 Å². The van der Waals surface area contributed by atoms with E-state index in [9.17, 15) is 9.18 Å². The van der Waals surface area contributed by atoms with Gasteiger partial charge in [0.1, 0.15) is 17.3 Å². The lowest BCUT2D eigenvalue weighted by Crippen LogP contribution is -2.35. The van der Waals surface area contributed by atoms with Gasteiger partial charge < -0.3 is 14.5 Å². The SMILES string of the molecule is COc1ccc(C)cc1-n1ccc(C(=O)N2CCCN(c3ccc(F)cc3)CC2)n1. The summed E-state index contributed by atoms with van der Waals surface area (Å²) >= 11 is 0. The first kappa shape index (κ1) is 19.9. The van der Waals surface area contributed by atoms with Crippen molar-refractivity contribution in [3.63, 3.8) is 0 Å². The van der Waals surface area contributed by atoms with Gasteiger partial charge in [0.15, 0.2) is 5.69 Å². The van der Waals surface area contributed by atoms with Gasteiger partial charge in [0.2, 0.25) is 0 Å². The lowest BCUT2D eigenvalue weighted by Gasteiger charge is -2.23. The number of methoxy groups -OCH3 is 1. The summed E-state index contributed by atoms with van der Waals surface area (Å²) in [6.07, 6.45) is 2.63. The number of nitrogens with zero attached hydrogens (tertiary/aromatic N) is 4. The van der Waals surface area contributed by atoms with Crippen molar-refractivity contribution in [3.05, 3.63) is 71.8 Å². The molecule has 0 atom stereocenters. The molecule has 7 heteroatoms. The van der Waals surface area contributed by atoms with Gasteiger partial charge in [-0.2, -0.15) is 5.10 Å². The molecule has 4 rings (SSSR count). The Bertz CT molecular complexity index is 1030. The predicted octanol–water partition coefficient (Wildman–Crippen LogP) is 3.68. The van der Waals surface area contributed by atoms with E-state index in [0.717, 1.165) is 29.9 Å². The van der Waals surface area contributed by atoms with Crippen LogP contribution in [0.15, 0.2) is 54.7 Å². The first-order valence-corrected chi connectivity index (χ1v) is 10.1. The average Bonchev–Trinajstić information content (AvgIpc) is 3.12. The molecule has 0 aliphatic carbocycles. The van der Waals surface area contributed by atoms with Crippen LogP contribution in [0, 0.1) is 12.7 Å². The minimum absolute atomic E-state index is 0.0821. The van der Waals surface area contributed by atoms with Gasteiger partial charge in [0, 0.05) is 38.1 Å². The average molecular weight is 408 g/mol. The smallest absolute Gasteiger partial charge is 0.274 e. The molecule has 2 heterocycles. The molecule has 156 valence electrons. The Morgan fingerprint density at radius 2 is 1.83 bits per heavy atom. The van der Waals surface area contributed by atoms with Crippen LogP contribution >= 0.6 is 0 Å². The minimum atomic E-state index is -0.244. The number of aryl methyl sites for hydroxylation is 1. The number of anilines is 1. The second kappa shape index (κ2) is 8.57. The van der Waals surface area contributed by atoms with Crippen LogP contribution in [-0.4, -0.2) is 53.9 Å². The highest BCUT2D eigenvalue weighted by Crippen LogP contribution is 2.24. The van der Waals surface area contributed by atoms with Crippen molar-refractivity contribution in [2.24, 2.45) is 0 Å². The van der Waals surface area contributed by atoms with Crippen LogP contribution in [0.1, 0.15) is 22.5 Å². The lowest BCUT2D eigenvalue weighted by atomic mass is 10.2. The highest BCUT2D eigenvalue weighted by Gasteiger charge is 2.22. The third kappa shape index (κ3) is 4.15. The Balaban J connectivity index is 1.48. The van der Waals surface area contributed by atoms with Gasteiger partial charge in [-0.3, -0.25) is 4.79 Å². The van der Waals surface area contributed by atoms with Gasteiger partial charge in [-0.25, -0.2) is 9.07 Å². The number of hydrogen-bond donors (Lipinski definition) is 0. The quantitative estimate of drug-likeness (QED) is 0.661. The van der Waals surface area contributed by atoms with Crippen molar-refractivity contribution in [1.82, 2.24) is 14.7 Å². The molecule has 1 aliphatic rings. The van der Waals surface area contributed by atoms with Crippen molar-refractivity contribution in [3.8, 4) is 11.4 Å². The van der Waals surface area contributed by atoms with Gasteiger partial charge >= 0.3 is 0 Å².